The molecule has 1 aromatic carbocycles. The van der Waals surface area contributed by atoms with Crippen LogP contribution in [-0.2, 0) is 97.2 Å². The number of hydrogen-bond acceptors (Lipinski definition) is 5. The predicted octanol–water partition coefficient (Wildman–Crippen LogP) is 2.76. The van der Waals surface area contributed by atoms with Crippen LogP contribution in [0.25, 0.3) is 0 Å². The third kappa shape index (κ3) is 42.5. The molecular weight excluding hydrogens is 704 g/mol. The van der Waals surface area contributed by atoms with Crippen molar-refractivity contribution in [1.29, 1.82) is 0 Å². The van der Waals surface area contributed by atoms with E-state index in [9.17, 15) is 0 Å². The van der Waals surface area contributed by atoms with E-state index >= 15 is 0 Å². The van der Waals surface area contributed by atoms with Gasteiger partial charge in [-0.3, -0.25) is 0 Å². The Labute approximate surface area is 290 Å². The SMILES string of the molecule is CO[C](=[Cr])/C=C/[C@H](OC)c1cc(C)cc([C@@H](/C=C/[C](=[Cr])OC)OC)c1OC.[C-]#[O+].[C-]#[O+].[C-]#[O+].[C-]#[O+].[C-]#[O+].[C-]#[O+].[C-]#[O+].[C-]#[O+].[C-]#[O+].[C-]#[O+]. The molecule has 0 saturated carbocycles. The van der Waals surface area contributed by atoms with Crippen LogP contribution < -0.4 is 4.74 Å². The van der Waals surface area contributed by atoms with Crippen LogP contribution >= 0.6 is 0 Å². The van der Waals surface area contributed by atoms with E-state index in [1.54, 1.807) is 35.5 Å². The average Bonchev–Trinajstić information content (AvgIpc) is 3.19. The van der Waals surface area contributed by atoms with E-state index in [2.05, 4.69) is 98.2 Å². The first kappa shape index (κ1) is 70.0. The molecule has 248 valence electrons. The third-order valence-electron chi connectivity index (χ3n) is 3.83. The molecule has 0 amide bonds. The van der Waals surface area contributed by atoms with Crippen molar-refractivity contribution >= 4 is 9.13 Å². The molecule has 0 heterocycles. The molecule has 15 nitrogen and oxygen atoms in total. The molecule has 1 rings (SSSR count). The maximum absolute atomic E-state index is 7.50. The molecule has 47 heavy (non-hydrogen) atoms. The van der Waals surface area contributed by atoms with Gasteiger partial charge in [0.1, 0.15) is 0 Å². The molecule has 0 aromatic heterocycles. The van der Waals surface area contributed by atoms with Crippen LogP contribution in [0.1, 0.15) is 28.9 Å². The van der Waals surface area contributed by atoms with Crippen LogP contribution in [0.5, 0.6) is 5.75 Å². The molecule has 0 saturated heterocycles. The Morgan fingerprint density at radius 1 is 0.532 bits per heavy atom. The molecule has 0 bridgehead atoms. The van der Waals surface area contributed by atoms with Gasteiger partial charge in [-0.2, -0.15) is 0 Å². The molecule has 1 aromatic rings. The van der Waals surface area contributed by atoms with E-state index in [0.717, 1.165) is 16.7 Å². The van der Waals surface area contributed by atoms with Crippen LogP contribution in [0.4, 0.5) is 0 Å². The summed E-state index contributed by atoms with van der Waals surface area (Å²) in [6.07, 6.45) is 6.86. The van der Waals surface area contributed by atoms with Crippen molar-refractivity contribution in [2.24, 2.45) is 0 Å². The zero-order chi connectivity index (χ0) is 40.4. The molecule has 2 atom stereocenters. The molecule has 0 unspecified atom stereocenters. The van der Waals surface area contributed by atoms with Gasteiger partial charge < -0.3 is 0 Å². The molecule has 0 fully saturated rings. The topological polar surface area (TPSA) is 245 Å². The fourth-order valence-corrected chi connectivity index (χ4v) is 2.82. The second-order valence-electron chi connectivity index (χ2n) is 5.55. The van der Waals surface area contributed by atoms with E-state index in [1.165, 1.54) is 0 Å². The summed E-state index contributed by atoms with van der Waals surface area (Å²) in [4.78, 5) is 0. The number of ether oxygens (including phenoxy) is 5. The van der Waals surface area contributed by atoms with Gasteiger partial charge in [0.25, 0.3) is 0 Å². The van der Waals surface area contributed by atoms with Crippen LogP contribution in [0, 0.1) is 73.4 Å². The average molecular weight is 731 g/mol. The van der Waals surface area contributed by atoms with Gasteiger partial charge in [0.05, 0.1) is 0 Å². The van der Waals surface area contributed by atoms with Gasteiger partial charge in [-0.15, -0.1) is 0 Å². The zero-order valence-electron chi connectivity index (χ0n) is 25.6. The first-order valence-electron chi connectivity index (χ1n) is 10.2. The van der Waals surface area contributed by atoms with E-state index in [0.29, 0.717) is 14.9 Å². The number of aryl methyl sites for hydroxylation is 1. The van der Waals surface area contributed by atoms with Crippen molar-refractivity contribution in [3.63, 3.8) is 0 Å². The summed E-state index contributed by atoms with van der Waals surface area (Å²) < 4.78 is 104. The predicted molar refractivity (Wildman–Crippen MR) is 139 cm³/mol. The number of hydrogen-bond donors (Lipinski definition) is 0. The van der Waals surface area contributed by atoms with Gasteiger partial charge in [-0.1, -0.05) is 0 Å². The van der Waals surface area contributed by atoms with Crippen molar-refractivity contribution in [1.82, 2.24) is 0 Å². The molecule has 0 aliphatic carbocycles. The molecule has 0 aliphatic rings. The van der Waals surface area contributed by atoms with E-state index in [1.807, 2.05) is 43.4 Å². The van der Waals surface area contributed by atoms with Crippen LogP contribution in [0.3, 0.4) is 0 Å². The molecule has 0 N–H and O–H groups in total. The molecule has 0 spiro atoms. The first-order chi connectivity index (χ1) is 22.9. The minimum absolute atomic E-state index is 0.306. The zero-order valence-corrected chi connectivity index (χ0v) is 28.1. The normalized spacial score (nSPS) is 8.38. The van der Waals surface area contributed by atoms with Gasteiger partial charge in [-0.05, 0) is 0 Å². The second-order valence-corrected chi connectivity index (χ2v) is 6.81. The summed E-state index contributed by atoms with van der Waals surface area (Å²) >= 11 is 5.69. The molecular formula is C30H26Cr2O15. The Bertz CT molecular complexity index is 996. The maximum atomic E-state index is 7.50. The van der Waals surface area contributed by atoms with Crippen molar-refractivity contribution in [3.05, 3.63) is 120 Å². The van der Waals surface area contributed by atoms with Crippen LogP contribution in [-0.4, -0.2) is 44.7 Å². The van der Waals surface area contributed by atoms with Gasteiger partial charge in [0.2, 0.25) is 0 Å². The Morgan fingerprint density at radius 2 is 0.766 bits per heavy atom. The fourth-order valence-electron chi connectivity index (χ4n) is 2.57. The van der Waals surface area contributed by atoms with Crippen molar-refractivity contribution in [2.45, 2.75) is 19.1 Å². The quantitative estimate of drug-likeness (QED) is 0.246. The third-order valence-corrected chi connectivity index (χ3v) is 4.78. The monoisotopic (exact) mass is 730 g/mol. The van der Waals surface area contributed by atoms with E-state index in [-0.39, 0.29) is 12.2 Å². The summed E-state index contributed by atoms with van der Waals surface area (Å²) in [5.74, 6) is 0.715. The standard InChI is InChI=1S/C20H26O5.10CO.2Cr/c1-15-13-16(18(23-4)9-7-11-21-2)20(25-6)17(14-15)19(24-5)10-8-12-22-3;10*1-2;;/h7-10,13-14,18-19H,1-6H3;;;;;;;;;;;;/b9-7+,10-8+;;;;;;;;;;;;/t18-,19+;;;;;;;;;;;;. The number of methoxy groups -OCH3 is 5. The van der Waals surface area contributed by atoms with Crippen molar-refractivity contribution < 1.29 is 102 Å². The van der Waals surface area contributed by atoms with Crippen molar-refractivity contribution in [2.75, 3.05) is 35.5 Å². The first-order valence-corrected chi connectivity index (χ1v) is 11.5. The Morgan fingerprint density at radius 3 is 0.936 bits per heavy atom. The summed E-state index contributed by atoms with van der Waals surface area (Å²) in [6.45, 7) is 47.0. The molecule has 0 aliphatic heterocycles. The summed E-state index contributed by atoms with van der Waals surface area (Å²) in [7, 11) is 8.17. The number of benzene rings is 1. The van der Waals surface area contributed by atoms with Crippen LogP contribution in [0.15, 0.2) is 36.4 Å². The van der Waals surface area contributed by atoms with E-state index < -0.39 is 0 Å². The van der Waals surface area contributed by atoms with Gasteiger partial charge in [-0.25, -0.2) is 0 Å². The summed E-state index contributed by atoms with van der Waals surface area (Å²) in [6, 6.07) is 4.09. The fraction of sp³-hybridized carbons (Fsp3) is 0.267. The molecule has 17 heteroatoms. The van der Waals surface area contributed by atoms with Gasteiger partial charge >= 0.3 is 291 Å². The second kappa shape index (κ2) is 73.8. The van der Waals surface area contributed by atoms with E-state index in [4.69, 9.17) is 70.2 Å². The van der Waals surface area contributed by atoms with Crippen molar-refractivity contribution in [3.8, 4) is 5.75 Å². The Balaban J connectivity index is -0.0000000727. The van der Waals surface area contributed by atoms with Crippen LogP contribution in [0.2, 0.25) is 0 Å². The minimum atomic E-state index is -0.306. The summed E-state index contributed by atoms with van der Waals surface area (Å²) in [5.41, 5.74) is 2.89. The summed E-state index contributed by atoms with van der Waals surface area (Å²) in [5, 5.41) is 0. The Hall–Kier alpha value is -3.46. The number of rotatable bonds is 11. The molecule has 0 radical (unpaired) electrons. The Kier molecular flexibility index (Phi) is 110. The van der Waals surface area contributed by atoms with Gasteiger partial charge in [0, 0.05) is 0 Å². The van der Waals surface area contributed by atoms with Gasteiger partial charge in [0.15, 0.2) is 0 Å².